The highest BCUT2D eigenvalue weighted by Gasteiger charge is 2.30. The zero-order valence-corrected chi connectivity index (χ0v) is 15.4. The minimum Gasteiger partial charge on any atom is -0.493 e. The molecule has 0 aromatic heterocycles. The maximum absolute atomic E-state index is 11.3. The molecule has 0 bridgehead atoms. The lowest BCUT2D eigenvalue weighted by atomic mass is 10.1. The summed E-state index contributed by atoms with van der Waals surface area (Å²) in [4.78, 5) is 13.3. The lowest BCUT2D eigenvalue weighted by Gasteiger charge is -2.21. The van der Waals surface area contributed by atoms with Crippen LogP contribution in [0.3, 0.4) is 0 Å². The molecule has 2 aromatic carbocycles. The van der Waals surface area contributed by atoms with Crippen LogP contribution in [0.15, 0.2) is 42.5 Å². The standard InChI is InChI=1S/C20H22ClNO4/c1-25-19-11-15(12-22-10-2-3-17(22)20(23)24)6-9-18(19)26-13-14-4-7-16(21)8-5-14/h4-9,11,17H,2-3,10,12-13H2,1H3,(H,23,24)/t17-/m0/s1. The summed E-state index contributed by atoms with van der Waals surface area (Å²) in [5.41, 5.74) is 2.02. The van der Waals surface area contributed by atoms with Gasteiger partial charge >= 0.3 is 5.97 Å². The summed E-state index contributed by atoms with van der Waals surface area (Å²) in [5.74, 6) is 0.544. The van der Waals surface area contributed by atoms with Crippen LogP contribution in [-0.4, -0.2) is 35.7 Å². The molecule has 2 aromatic rings. The second-order valence-electron chi connectivity index (χ2n) is 6.37. The second-order valence-corrected chi connectivity index (χ2v) is 6.80. The molecule has 3 rings (SSSR count). The van der Waals surface area contributed by atoms with Gasteiger partial charge in [-0.2, -0.15) is 0 Å². The van der Waals surface area contributed by atoms with Gasteiger partial charge in [0.1, 0.15) is 12.6 Å². The number of hydrogen-bond donors (Lipinski definition) is 1. The van der Waals surface area contributed by atoms with Gasteiger partial charge in [0.25, 0.3) is 0 Å². The van der Waals surface area contributed by atoms with Crippen LogP contribution < -0.4 is 9.47 Å². The first-order valence-corrected chi connectivity index (χ1v) is 8.95. The third-order valence-electron chi connectivity index (χ3n) is 4.57. The van der Waals surface area contributed by atoms with Crippen LogP contribution in [0.2, 0.25) is 5.02 Å². The molecule has 26 heavy (non-hydrogen) atoms. The van der Waals surface area contributed by atoms with Crippen LogP contribution in [0.25, 0.3) is 0 Å². The Hall–Kier alpha value is -2.24. The Morgan fingerprint density at radius 1 is 1.19 bits per heavy atom. The topological polar surface area (TPSA) is 59.0 Å². The number of hydrogen-bond acceptors (Lipinski definition) is 4. The Kier molecular flexibility index (Phi) is 6.01. The van der Waals surface area contributed by atoms with Crippen molar-refractivity contribution in [3.8, 4) is 11.5 Å². The van der Waals surface area contributed by atoms with Crippen molar-refractivity contribution in [2.45, 2.75) is 32.0 Å². The molecule has 0 spiro atoms. The van der Waals surface area contributed by atoms with E-state index in [1.54, 1.807) is 7.11 Å². The van der Waals surface area contributed by atoms with Crippen LogP contribution in [0.4, 0.5) is 0 Å². The molecular weight excluding hydrogens is 354 g/mol. The molecule has 1 N–H and O–H groups in total. The van der Waals surface area contributed by atoms with Crippen molar-refractivity contribution in [1.29, 1.82) is 0 Å². The largest absolute Gasteiger partial charge is 0.493 e. The fourth-order valence-corrected chi connectivity index (χ4v) is 3.33. The number of likely N-dealkylation sites (tertiary alicyclic amines) is 1. The van der Waals surface area contributed by atoms with E-state index in [4.69, 9.17) is 21.1 Å². The fourth-order valence-electron chi connectivity index (χ4n) is 3.20. The van der Waals surface area contributed by atoms with Crippen LogP contribution >= 0.6 is 11.6 Å². The van der Waals surface area contributed by atoms with Crippen molar-refractivity contribution in [2.75, 3.05) is 13.7 Å². The summed E-state index contributed by atoms with van der Waals surface area (Å²) in [6.45, 7) is 1.80. The Morgan fingerprint density at radius 3 is 2.62 bits per heavy atom. The molecular formula is C20H22ClNO4. The van der Waals surface area contributed by atoms with E-state index in [9.17, 15) is 9.90 Å². The minimum atomic E-state index is -0.752. The average molecular weight is 376 g/mol. The van der Waals surface area contributed by atoms with E-state index in [1.807, 2.05) is 47.4 Å². The van der Waals surface area contributed by atoms with Crippen LogP contribution in [0.5, 0.6) is 11.5 Å². The predicted octanol–water partition coefficient (Wildman–Crippen LogP) is 3.98. The number of halogens is 1. The molecule has 1 saturated heterocycles. The zero-order valence-electron chi connectivity index (χ0n) is 14.7. The van der Waals surface area contributed by atoms with E-state index in [-0.39, 0.29) is 0 Å². The highest BCUT2D eigenvalue weighted by atomic mass is 35.5. The third-order valence-corrected chi connectivity index (χ3v) is 4.82. The van der Waals surface area contributed by atoms with E-state index in [2.05, 4.69) is 0 Å². The SMILES string of the molecule is COc1cc(CN2CCC[C@H]2C(=O)O)ccc1OCc1ccc(Cl)cc1. The van der Waals surface area contributed by atoms with E-state index >= 15 is 0 Å². The molecule has 0 unspecified atom stereocenters. The molecule has 0 saturated carbocycles. The van der Waals surface area contributed by atoms with Gasteiger partial charge in [-0.05, 0) is 54.8 Å². The summed E-state index contributed by atoms with van der Waals surface area (Å²) in [6, 6.07) is 12.8. The van der Waals surface area contributed by atoms with Crippen LogP contribution in [-0.2, 0) is 17.9 Å². The summed E-state index contributed by atoms with van der Waals surface area (Å²) in [6.07, 6.45) is 1.62. The van der Waals surface area contributed by atoms with Crippen molar-refractivity contribution in [3.63, 3.8) is 0 Å². The quantitative estimate of drug-likeness (QED) is 0.793. The lowest BCUT2D eigenvalue weighted by Crippen LogP contribution is -2.35. The number of nitrogens with zero attached hydrogens (tertiary/aromatic N) is 1. The smallest absolute Gasteiger partial charge is 0.320 e. The summed E-state index contributed by atoms with van der Waals surface area (Å²) in [5, 5.41) is 10.00. The molecule has 1 aliphatic heterocycles. The molecule has 138 valence electrons. The fraction of sp³-hybridized carbons (Fsp3) is 0.350. The summed E-state index contributed by atoms with van der Waals surface area (Å²) >= 11 is 5.89. The molecule has 0 radical (unpaired) electrons. The van der Waals surface area contributed by atoms with Crippen molar-refractivity contribution in [3.05, 3.63) is 58.6 Å². The Balaban J connectivity index is 1.67. The molecule has 0 aliphatic carbocycles. The van der Waals surface area contributed by atoms with Gasteiger partial charge in [0.2, 0.25) is 0 Å². The van der Waals surface area contributed by atoms with E-state index in [0.717, 1.165) is 24.1 Å². The first-order valence-electron chi connectivity index (χ1n) is 8.58. The lowest BCUT2D eigenvalue weighted by molar-refractivity contribution is -0.142. The molecule has 5 nitrogen and oxygen atoms in total. The van der Waals surface area contributed by atoms with Gasteiger partial charge in [-0.3, -0.25) is 9.69 Å². The first kappa shape index (κ1) is 18.5. The highest BCUT2D eigenvalue weighted by Crippen LogP contribution is 2.30. The molecule has 1 fully saturated rings. The van der Waals surface area contributed by atoms with Gasteiger partial charge < -0.3 is 14.6 Å². The van der Waals surface area contributed by atoms with Gasteiger partial charge in [0, 0.05) is 11.6 Å². The van der Waals surface area contributed by atoms with Gasteiger partial charge in [-0.15, -0.1) is 0 Å². The number of benzene rings is 2. The normalized spacial score (nSPS) is 17.2. The summed E-state index contributed by atoms with van der Waals surface area (Å²) in [7, 11) is 1.60. The van der Waals surface area contributed by atoms with Gasteiger partial charge in [-0.1, -0.05) is 29.8 Å². The van der Waals surface area contributed by atoms with E-state index < -0.39 is 12.0 Å². The first-order chi connectivity index (χ1) is 12.6. The zero-order chi connectivity index (χ0) is 18.5. The van der Waals surface area contributed by atoms with Gasteiger partial charge in [0.15, 0.2) is 11.5 Å². The second kappa shape index (κ2) is 8.43. The van der Waals surface area contributed by atoms with Gasteiger partial charge in [0.05, 0.1) is 7.11 Å². The highest BCUT2D eigenvalue weighted by molar-refractivity contribution is 6.30. The molecule has 6 heteroatoms. The molecule has 1 heterocycles. The number of carbonyl (C=O) groups is 1. The van der Waals surface area contributed by atoms with Crippen molar-refractivity contribution < 1.29 is 19.4 Å². The van der Waals surface area contributed by atoms with Gasteiger partial charge in [-0.25, -0.2) is 0 Å². The van der Waals surface area contributed by atoms with Crippen molar-refractivity contribution >= 4 is 17.6 Å². The van der Waals surface area contributed by atoms with Crippen molar-refractivity contribution in [1.82, 2.24) is 4.90 Å². The predicted molar refractivity (Wildman–Crippen MR) is 99.8 cm³/mol. The Morgan fingerprint density at radius 2 is 1.92 bits per heavy atom. The van der Waals surface area contributed by atoms with Crippen LogP contribution in [0, 0.1) is 0 Å². The summed E-state index contributed by atoms with van der Waals surface area (Å²) < 4.78 is 11.3. The number of rotatable bonds is 7. The molecule has 1 atom stereocenters. The van der Waals surface area contributed by atoms with Crippen molar-refractivity contribution in [2.24, 2.45) is 0 Å². The maximum atomic E-state index is 11.3. The number of carboxylic acid groups (broad SMARTS) is 1. The maximum Gasteiger partial charge on any atom is 0.320 e. The Labute approximate surface area is 158 Å². The minimum absolute atomic E-state index is 0.401. The number of carboxylic acids is 1. The number of methoxy groups -OCH3 is 1. The number of ether oxygens (including phenoxy) is 2. The van der Waals surface area contributed by atoms with E-state index in [1.165, 1.54) is 0 Å². The third kappa shape index (κ3) is 4.48. The van der Waals surface area contributed by atoms with E-state index in [0.29, 0.717) is 36.1 Å². The number of aliphatic carboxylic acids is 1. The molecule has 1 aliphatic rings. The van der Waals surface area contributed by atoms with Crippen LogP contribution in [0.1, 0.15) is 24.0 Å². The Bertz CT molecular complexity index is 763. The monoisotopic (exact) mass is 375 g/mol. The average Bonchev–Trinajstić information content (AvgIpc) is 3.10. The molecule has 0 amide bonds.